The maximum Gasteiger partial charge on any atom is 0.273 e. The number of carbonyl (C=O) groups is 1. The number of aryl methyl sites for hydroxylation is 1. The molecule has 7 heteroatoms. The van der Waals surface area contributed by atoms with Gasteiger partial charge in [-0.3, -0.25) is 4.79 Å². The second kappa shape index (κ2) is 8.84. The summed E-state index contributed by atoms with van der Waals surface area (Å²) in [6.45, 7) is 5.04. The number of carbonyl (C=O) groups excluding carboxylic acids is 1. The SMILES string of the molecule is CCOc1ccc(OCCNC(=O)c2nn(-c3ccccc3)nc2C)cc1. The van der Waals surface area contributed by atoms with E-state index in [1.54, 1.807) is 6.92 Å². The number of hydrogen-bond donors (Lipinski definition) is 1. The van der Waals surface area contributed by atoms with Crippen molar-refractivity contribution in [1.29, 1.82) is 0 Å². The number of nitrogens with zero attached hydrogens (tertiary/aromatic N) is 3. The summed E-state index contributed by atoms with van der Waals surface area (Å²) < 4.78 is 11.0. The Morgan fingerprint density at radius 1 is 1.00 bits per heavy atom. The molecule has 0 fully saturated rings. The lowest BCUT2D eigenvalue weighted by atomic mass is 10.3. The highest BCUT2D eigenvalue weighted by Crippen LogP contribution is 2.17. The van der Waals surface area contributed by atoms with Crippen LogP contribution in [0.4, 0.5) is 0 Å². The molecule has 0 atom stereocenters. The van der Waals surface area contributed by atoms with Crippen molar-refractivity contribution in [3.8, 4) is 17.2 Å². The van der Waals surface area contributed by atoms with Crippen LogP contribution in [0.5, 0.6) is 11.5 Å². The van der Waals surface area contributed by atoms with E-state index in [2.05, 4.69) is 15.5 Å². The first-order valence-electron chi connectivity index (χ1n) is 8.80. The minimum absolute atomic E-state index is 0.273. The van der Waals surface area contributed by atoms with Crippen molar-refractivity contribution in [3.05, 3.63) is 66.0 Å². The van der Waals surface area contributed by atoms with Gasteiger partial charge in [-0.15, -0.1) is 5.10 Å². The van der Waals surface area contributed by atoms with Crippen LogP contribution in [0.1, 0.15) is 23.1 Å². The second-order valence-corrected chi connectivity index (χ2v) is 5.77. The lowest BCUT2D eigenvalue weighted by molar-refractivity contribution is 0.0941. The van der Waals surface area contributed by atoms with Gasteiger partial charge in [0.1, 0.15) is 18.1 Å². The maximum absolute atomic E-state index is 12.3. The Kier molecular flexibility index (Phi) is 6.04. The van der Waals surface area contributed by atoms with Gasteiger partial charge in [0.05, 0.1) is 24.5 Å². The van der Waals surface area contributed by atoms with Crippen molar-refractivity contribution in [1.82, 2.24) is 20.3 Å². The summed E-state index contributed by atoms with van der Waals surface area (Å²) in [5.41, 5.74) is 1.68. The molecule has 1 heterocycles. The molecule has 1 amide bonds. The maximum atomic E-state index is 12.3. The standard InChI is InChI=1S/C20H22N4O3/c1-3-26-17-9-11-18(12-10-17)27-14-13-21-20(25)19-15(2)22-24(23-19)16-7-5-4-6-8-16/h4-12H,3,13-14H2,1-2H3,(H,21,25). The monoisotopic (exact) mass is 366 g/mol. The number of benzene rings is 2. The first kappa shape index (κ1) is 18.4. The van der Waals surface area contributed by atoms with E-state index in [4.69, 9.17) is 9.47 Å². The highest BCUT2D eigenvalue weighted by Gasteiger charge is 2.15. The summed E-state index contributed by atoms with van der Waals surface area (Å²) in [6.07, 6.45) is 0. The van der Waals surface area contributed by atoms with Crippen molar-refractivity contribution in [2.75, 3.05) is 19.8 Å². The van der Waals surface area contributed by atoms with Crippen molar-refractivity contribution in [2.45, 2.75) is 13.8 Å². The molecule has 3 aromatic rings. The van der Waals surface area contributed by atoms with E-state index in [1.165, 1.54) is 4.80 Å². The molecule has 7 nitrogen and oxygen atoms in total. The molecule has 0 saturated heterocycles. The van der Waals surface area contributed by atoms with Gasteiger partial charge < -0.3 is 14.8 Å². The molecule has 0 radical (unpaired) electrons. The van der Waals surface area contributed by atoms with E-state index in [-0.39, 0.29) is 5.91 Å². The predicted molar refractivity (Wildman–Crippen MR) is 102 cm³/mol. The van der Waals surface area contributed by atoms with Gasteiger partial charge in [-0.1, -0.05) is 18.2 Å². The van der Waals surface area contributed by atoms with Crippen LogP contribution in [0.2, 0.25) is 0 Å². The molecule has 27 heavy (non-hydrogen) atoms. The normalized spacial score (nSPS) is 10.4. The molecule has 0 bridgehead atoms. The molecule has 0 aliphatic carbocycles. The number of rotatable bonds is 8. The molecule has 3 rings (SSSR count). The minimum Gasteiger partial charge on any atom is -0.494 e. The van der Waals surface area contributed by atoms with E-state index in [0.717, 1.165) is 17.2 Å². The molecule has 2 aromatic carbocycles. The average Bonchev–Trinajstić information content (AvgIpc) is 3.09. The van der Waals surface area contributed by atoms with Crippen LogP contribution in [0, 0.1) is 6.92 Å². The number of amides is 1. The highest BCUT2D eigenvalue weighted by molar-refractivity contribution is 5.93. The molecular formula is C20H22N4O3. The van der Waals surface area contributed by atoms with E-state index >= 15 is 0 Å². The minimum atomic E-state index is -0.273. The zero-order valence-corrected chi connectivity index (χ0v) is 15.4. The fourth-order valence-corrected chi connectivity index (χ4v) is 2.48. The fourth-order valence-electron chi connectivity index (χ4n) is 2.48. The second-order valence-electron chi connectivity index (χ2n) is 5.77. The molecule has 0 aliphatic heterocycles. The topological polar surface area (TPSA) is 78.3 Å². The van der Waals surface area contributed by atoms with Crippen LogP contribution < -0.4 is 14.8 Å². The van der Waals surface area contributed by atoms with E-state index < -0.39 is 0 Å². The van der Waals surface area contributed by atoms with E-state index in [1.807, 2.05) is 61.5 Å². The molecule has 140 valence electrons. The average molecular weight is 366 g/mol. The number of aromatic nitrogens is 3. The Bertz CT molecular complexity index is 876. The van der Waals surface area contributed by atoms with Crippen LogP contribution in [-0.2, 0) is 0 Å². The van der Waals surface area contributed by atoms with Gasteiger partial charge >= 0.3 is 0 Å². The fraction of sp³-hybridized carbons (Fsp3) is 0.250. The van der Waals surface area contributed by atoms with Crippen molar-refractivity contribution < 1.29 is 14.3 Å². The molecule has 0 unspecified atom stereocenters. The molecule has 1 N–H and O–H groups in total. The predicted octanol–water partition coefficient (Wildman–Crippen LogP) is 2.78. The number of nitrogens with one attached hydrogen (secondary N) is 1. The third kappa shape index (κ3) is 4.84. The quantitative estimate of drug-likeness (QED) is 0.620. The Labute approximate surface area is 157 Å². The zero-order valence-electron chi connectivity index (χ0n) is 15.4. The molecule has 0 spiro atoms. The van der Waals surface area contributed by atoms with E-state index in [0.29, 0.717) is 31.1 Å². The summed E-state index contributed by atoms with van der Waals surface area (Å²) >= 11 is 0. The molecule has 0 saturated carbocycles. The molecular weight excluding hydrogens is 344 g/mol. The van der Waals surface area contributed by atoms with Crippen LogP contribution in [0.25, 0.3) is 5.69 Å². The van der Waals surface area contributed by atoms with Gasteiger partial charge in [-0.25, -0.2) is 0 Å². The summed E-state index contributed by atoms with van der Waals surface area (Å²) in [5.74, 6) is 1.25. The third-order valence-electron chi connectivity index (χ3n) is 3.78. The van der Waals surface area contributed by atoms with Gasteiger partial charge in [0.25, 0.3) is 5.91 Å². The number of ether oxygens (including phenoxy) is 2. The van der Waals surface area contributed by atoms with Crippen LogP contribution in [0.3, 0.4) is 0 Å². The first-order chi connectivity index (χ1) is 13.2. The lowest BCUT2D eigenvalue weighted by Gasteiger charge is -2.08. The summed E-state index contributed by atoms with van der Waals surface area (Å²) in [5, 5.41) is 11.4. The number of para-hydroxylation sites is 1. The van der Waals surface area contributed by atoms with Gasteiger partial charge in [0.15, 0.2) is 5.69 Å². The lowest BCUT2D eigenvalue weighted by Crippen LogP contribution is -2.29. The first-order valence-corrected chi connectivity index (χ1v) is 8.80. The zero-order chi connectivity index (χ0) is 19.1. The van der Waals surface area contributed by atoms with Crippen LogP contribution in [-0.4, -0.2) is 40.7 Å². The summed E-state index contributed by atoms with van der Waals surface area (Å²) in [6, 6.07) is 16.8. The molecule has 0 aliphatic rings. The third-order valence-corrected chi connectivity index (χ3v) is 3.78. The van der Waals surface area contributed by atoms with Gasteiger partial charge in [0.2, 0.25) is 0 Å². The van der Waals surface area contributed by atoms with Crippen LogP contribution >= 0.6 is 0 Å². The smallest absolute Gasteiger partial charge is 0.273 e. The Morgan fingerprint density at radius 2 is 1.67 bits per heavy atom. The molecule has 1 aromatic heterocycles. The van der Waals surface area contributed by atoms with Crippen molar-refractivity contribution >= 4 is 5.91 Å². The van der Waals surface area contributed by atoms with Gasteiger partial charge in [0, 0.05) is 0 Å². The summed E-state index contributed by atoms with van der Waals surface area (Å²) in [4.78, 5) is 13.8. The Balaban J connectivity index is 1.50. The van der Waals surface area contributed by atoms with Gasteiger partial charge in [-0.05, 0) is 50.2 Å². The highest BCUT2D eigenvalue weighted by atomic mass is 16.5. The van der Waals surface area contributed by atoms with Gasteiger partial charge in [-0.2, -0.15) is 9.90 Å². The van der Waals surface area contributed by atoms with Crippen molar-refractivity contribution in [3.63, 3.8) is 0 Å². The Morgan fingerprint density at radius 3 is 2.33 bits per heavy atom. The van der Waals surface area contributed by atoms with Crippen LogP contribution in [0.15, 0.2) is 54.6 Å². The van der Waals surface area contributed by atoms with Crippen molar-refractivity contribution in [2.24, 2.45) is 0 Å². The Hall–Kier alpha value is -3.35. The number of hydrogen-bond acceptors (Lipinski definition) is 5. The summed E-state index contributed by atoms with van der Waals surface area (Å²) in [7, 11) is 0. The largest absolute Gasteiger partial charge is 0.494 e. The van der Waals surface area contributed by atoms with E-state index in [9.17, 15) is 4.79 Å².